The number of carboxylic acid groups (broad SMARTS) is 1. The van der Waals surface area contributed by atoms with E-state index in [1.165, 1.54) is 0 Å². The van der Waals surface area contributed by atoms with Crippen LogP contribution in [-0.2, 0) is 11.3 Å². The molecule has 25 heavy (non-hydrogen) atoms. The summed E-state index contributed by atoms with van der Waals surface area (Å²) in [5.41, 5.74) is 3.53. The molecule has 0 saturated carbocycles. The van der Waals surface area contributed by atoms with E-state index in [9.17, 15) is 14.7 Å². The first-order valence-corrected chi connectivity index (χ1v) is 8.40. The first-order chi connectivity index (χ1) is 11.8. The van der Waals surface area contributed by atoms with Gasteiger partial charge in [0.15, 0.2) is 0 Å². The summed E-state index contributed by atoms with van der Waals surface area (Å²) in [6, 6.07) is 8.30. The molecule has 0 radical (unpaired) electrons. The summed E-state index contributed by atoms with van der Waals surface area (Å²) in [5, 5.41) is 16.2. The standard InChI is InChI=1S/C19H25N3O3/c1-12(2)9-17(19(24)25)20-18(23)16-7-5-15(6-8-16)11-22-14(4)10-13(3)21-22/h5-8,10,12,17H,9,11H2,1-4H3,(H,20,23)(H,24,25)/t17-/m1/s1. The molecule has 0 bridgehead atoms. The summed E-state index contributed by atoms with van der Waals surface area (Å²) in [4.78, 5) is 23.5. The third-order valence-corrected chi connectivity index (χ3v) is 3.96. The van der Waals surface area contributed by atoms with Gasteiger partial charge in [0.25, 0.3) is 5.91 Å². The highest BCUT2D eigenvalue weighted by atomic mass is 16.4. The summed E-state index contributed by atoms with van der Waals surface area (Å²) in [5.74, 6) is -1.20. The van der Waals surface area contributed by atoms with Crippen LogP contribution in [0.15, 0.2) is 30.3 Å². The molecule has 0 unspecified atom stereocenters. The van der Waals surface area contributed by atoms with Gasteiger partial charge in [-0.3, -0.25) is 9.48 Å². The van der Waals surface area contributed by atoms with Gasteiger partial charge in [-0.25, -0.2) is 4.79 Å². The quantitative estimate of drug-likeness (QED) is 0.809. The van der Waals surface area contributed by atoms with Crippen molar-refractivity contribution in [3.63, 3.8) is 0 Å². The van der Waals surface area contributed by atoms with Crippen molar-refractivity contribution in [1.82, 2.24) is 15.1 Å². The van der Waals surface area contributed by atoms with Crippen LogP contribution < -0.4 is 5.32 Å². The molecular weight excluding hydrogens is 318 g/mol. The van der Waals surface area contributed by atoms with E-state index in [4.69, 9.17) is 0 Å². The molecule has 1 heterocycles. The van der Waals surface area contributed by atoms with E-state index < -0.39 is 12.0 Å². The monoisotopic (exact) mass is 343 g/mol. The average Bonchev–Trinajstić information content (AvgIpc) is 2.84. The van der Waals surface area contributed by atoms with Crippen LogP contribution in [0.1, 0.15) is 47.6 Å². The zero-order valence-corrected chi connectivity index (χ0v) is 15.1. The summed E-state index contributed by atoms with van der Waals surface area (Å²) in [6.45, 7) is 8.44. The molecular formula is C19H25N3O3. The molecule has 0 spiro atoms. The number of carboxylic acids is 1. The lowest BCUT2D eigenvalue weighted by Crippen LogP contribution is -2.41. The number of carbonyl (C=O) groups is 2. The number of nitrogens with zero attached hydrogens (tertiary/aromatic N) is 2. The summed E-state index contributed by atoms with van der Waals surface area (Å²) in [6.07, 6.45) is 0.400. The SMILES string of the molecule is Cc1cc(C)n(Cc2ccc(C(=O)N[C@H](CC(C)C)C(=O)O)cc2)n1. The number of hydrogen-bond donors (Lipinski definition) is 2. The topological polar surface area (TPSA) is 84.2 Å². The molecule has 1 amide bonds. The predicted octanol–water partition coefficient (Wildman–Crippen LogP) is 2.78. The van der Waals surface area contributed by atoms with Gasteiger partial charge in [-0.1, -0.05) is 26.0 Å². The van der Waals surface area contributed by atoms with Crippen LogP contribution in [0.2, 0.25) is 0 Å². The van der Waals surface area contributed by atoms with Crippen molar-refractivity contribution in [3.05, 3.63) is 52.8 Å². The lowest BCUT2D eigenvalue weighted by molar-refractivity contribution is -0.139. The van der Waals surface area contributed by atoms with Crippen molar-refractivity contribution in [2.75, 3.05) is 0 Å². The molecule has 2 N–H and O–H groups in total. The molecule has 134 valence electrons. The zero-order chi connectivity index (χ0) is 18.6. The Labute approximate surface area is 147 Å². The fourth-order valence-electron chi connectivity index (χ4n) is 2.70. The van der Waals surface area contributed by atoms with Crippen LogP contribution in [0.3, 0.4) is 0 Å². The molecule has 0 fully saturated rings. The Morgan fingerprint density at radius 3 is 2.32 bits per heavy atom. The van der Waals surface area contributed by atoms with Crippen molar-refractivity contribution >= 4 is 11.9 Å². The molecule has 0 aliphatic carbocycles. The first-order valence-electron chi connectivity index (χ1n) is 8.40. The first kappa shape index (κ1) is 18.7. The number of amides is 1. The minimum Gasteiger partial charge on any atom is -0.480 e. The van der Waals surface area contributed by atoms with E-state index >= 15 is 0 Å². The van der Waals surface area contributed by atoms with Crippen LogP contribution in [0.5, 0.6) is 0 Å². The number of aliphatic carboxylic acids is 1. The lowest BCUT2D eigenvalue weighted by atomic mass is 10.0. The van der Waals surface area contributed by atoms with Crippen LogP contribution in [0, 0.1) is 19.8 Å². The zero-order valence-electron chi connectivity index (χ0n) is 15.1. The van der Waals surface area contributed by atoms with Gasteiger partial charge in [0.2, 0.25) is 0 Å². The summed E-state index contributed by atoms with van der Waals surface area (Å²) in [7, 11) is 0. The molecule has 1 aromatic carbocycles. The second-order valence-electron chi connectivity index (χ2n) is 6.78. The number of rotatable bonds is 7. The maximum atomic E-state index is 12.3. The Kier molecular flexibility index (Phi) is 5.96. The predicted molar refractivity (Wildman–Crippen MR) is 95.6 cm³/mol. The highest BCUT2D eigenvalue weighted by Gasteiger charge is 2.21. The number of benzene rings is 1. The maximum absolute atomic E-state index is 12.3. The molecule has 1 atom stereocenters. The lowest BCUT2D eigenvalue weighted by Gasteiger charge is -2.16. The van der Waals surface area contributed by atoms with Crippen LogP contribution in [-0.4, -0.2) is 32.8 Å². The van der Waals surface area contributed by atoms with Crippen molar-refractivity contribution in [3.8, 4) is 0 Å². The Morgan fingerprint density at radius 1 is 1.20 bits per heavy atom. The Hall–Kier alpha value is -2.63. The molecule has 0 aliphatic rings. The molecule has 6 heteroatoms. The van der Waals surface area contributed by atoms with Crippen molar-refractivity contribution in [1.29, 1.82) is 0 Å². The van der Waals surface area contributed by atoms with Gasteiger partial charge in [-0.15, -0.1) is 0 Å². The number of carbonyl (C=O) groups excluding carboxylic acids is 1. The van der Waals surface area contributed by atoms with Crippen LogP contribution >= 0.6 is 0 Å². The Balaban J connectivity index is 2.04. The molecule has 2 aromatic rings. The van der Waals surface area contributed by atoms with Crippen LogP contribution in [0.25, 0.3) is 0 Å². The van der Waals surface area contributed by atoms with E-state index in [1.54, 1.807) is 12.1 Å². The second kappa shape index (κ2) is 7.96. The van der Waals surface area contributed by atoms with Gasteiger partial charge in [-0.05, 0) is 49.9 Å². The Morgan fingerprint density at radius 2 is 1.84 bits per heavy atom. The van der Waals surface area contributed by atoms with Gasteiger partial charge in [-0.2, -0.15) is 5.10 Å². The molecule has 0 saturated heterocycles. The van der Waals surface area contributed by atoms with E-state index in [2.05, 4.69) is 10.4 Å². The number of hydrogen-bond acceptors (Lipinski definition) is 3. The molecule has 0 aliphatic heterocycles. The van der Waals surface area contributed by atoms with Crippen molar-refractivity contribution in [2.45, 2.75) is 46.7 Å². The largest absolute Gasteiger partial charge is 0.480 e. The third-order valence-electron chi connectivity index (χ3n) is 3.96. The van der Waals surface area contributed by atoms with Gasteiger partial charge in [0, 0.05) is 11.3 Å². The second-order valence-corrected chi connectivity index (χ2v) is 6.78. The van der Waals surface area contributed by atoms with Crippen molar-refractivity contribution in [2.24, 2.45) is 5.92 Å². The highest BCUT2D eigenvalue weighted by molar-refractivity contribution is 5.96. The van der Waals surface area contributed by atoms with E-state index in [1.807, 2.05) is 50.6 Å². The van der Waals surface area contributed by atoms with Crippen molar-refractivity contribution < 1.29 is 14.7 Å². The van der Waals surface area contributed by atoms with Gasteiger partial charge in [0.05, 0.1) is 12.2 Å². The fraction of sp³-hybridized carbons (Fsp3) is 0.421. The van der Waals surface area contributed by atoms with Gasteiger partial charge < -0.3 is 10.4 Å². The molecule has 1 aromatic heterocycles. The minimum atomic E-state index is -1.01. The third kappa shape index (κ3) is 5.17. The minimum absolute atomic E-state index is 0.185. The number of aryl methyl sites for hydroxylation is 2. The number of aromatic nitrogens is 2. The smallest absolute Gasteiger partial charge is 0.326 e. The average molecular weight is 343 g/mol. The normalized spacial score (nSPS) is 12.2. The summed E-state index contributed by atoms with van der Waals surface area (Å²) < 4.78 is 1.91. The van der Waals surface area contributed by atoms with Crippen LogP contribution in [0.4, 0.5) is 0 Å². The van der Waals surface area contributed by atoms with E-state index in [0.29, 0.717) is 18.5 Å². The Bertz CT molecular complexity index is 748. The molecule has 6 nitrogen and oxygen atoms in total. The van der Waals surface area contributed by atoms with Gasteiger partial charge in [0.1, 0.15) is 6.04 Å². The highest BCUT2D eigenvalue weighted by Crippen LogP contribution is 2.11. The summed E-state index contributed by atoms with van der Waals surface area (Å²) >= 11 is 0. The maximum Gasteiger partial charge on any atom is 0.326 e. The number of nitrogens with one attached hydrogen (secondary N) is 1. The van der Waals surface area contributed by atoms with Gasteiger partial charge >= 0.3 is 5.97 Å². The fourth-order valence-corrected chi connectivity index (χ4v) is 2.70. The van der Waals surface area contributed by atoms with E-state index in [-0.39, 0.29) is 11.8 Å². The van der Waals surface area contributed by atoms with E-state index in [0.717, 1.165) is 17.0 Å². The molecule has 2 rings (SSSR count).